The molecule has 0 saturated carbocycles. The molecule has 0 saturated heterocycles. The summed E-state index contributed by atoms with van der Waals surface area (Å²) in [5.41, 5.74) is 3.02. The third-order valence-corrected chi connectivity index (χ3v) is 6.83. The minimum Gasteiger partial charge on any atom is -0.278 e. The number of sulfone groups is 1. The molecule has 0 N–H and O–H groups in total. The topological polar surface area (TPSA) is 80.2 Å². The summed E-state index contributed by atoms with van der Waals surface area (Å²) in [6.45, 7) is 2.24. The lowest BCUT2D eigenvalue weighted by Gasteiger charge is -2.19. The van der Waals surface area contributed by atoms with E-state index in [0.717, 1.165) is 27.7 Å². The molecule has 152 valence electrons. The first-order chi connectivity index (χ1) is 14.3. The fraction of sp³-hybridized carbons (Fsp3) is 0.136. The number of pyridine rings is 1. The molecule has 0 aliphatic heterocycles. The zero-order chi connectivity index (χ0) is 21.3. The minimum absolute atomic E-state index is 0.172. The first-order valence-electron chi connectivity index (χ1n) is 9.21. The van der Waals surface area contributed by atoms with E-state index >= 15 is 0 Å². The molecule has 2 aromatic heterocycles. The van der Waals surface area contributed by atoms with Crippen molar-refractivity contribution in [3.8, 4) is 0 Å². The second-order valence-corrected chi connectivity index (χ2v) is 9.95. The smallest absolute Gasteiger partial charge is 0.260 e. The van der Waals surface area contributed by atoms with Gasteiger partial charge in [-0.3, -0.25) is 14.7 Å². The molecule has 6 nitrogen and oxygen atoms in total. The van der Waals surface area contributed by atoms with Crippen molar-refractivity contribution in [3.05, 3.63) is 83.7 Å². The Balaban J connectivity index is 1.76. The lowest BCUT2D eigenvalue weighted by Crippen LogP contribution is -2.30. The molecule has 0 radical (unpaired) electrons. The molecule has 0 aliphatic rings. The number of carbonyl (C=O) groups excluding carboxylic acids is 1. The number of aryl methyl sites for hydroxylation is 1. The molecular formula is C22H19N3O3S2. The molecule has 2 aromatic carbocycles. The number of hydrogen-bond donors (Lipinski definition) is 0. The average molecular weight is 438 g/mol. The van der Waals surface area contributed by atoms with Gasteiger partial charge in [-0.1, -0.05) is 29.5 Å². The summed E-state index contributed by atoms with van der Waals surface area (Å²) in [5.74, 6) is -0.266. The van der Waals surface area contributed by atoms with Gasteiger partial charge < -0.3 is 0 Å². The third kappa shape index (κ3) is 4.10. The maximum atomic E-state index is 13.4. The molecule has 2 heterocycles. The van der Waals surface area contributed by atoms with Gasteiger partial charge in [-0.25, -0.2) is 13.4 Å². The van der Waals surface area contributed by atoms with E-state index in [1.165, 1.54) is 35.6 Å². The van der Waals surface area contributed by atoms with Crippen LogP contribution in [0.2, 0.25) is 0 Å². The van der Waals surface area contributed by atoms with Crippen LogP contribution >= 0.6 is 11.3 Å². The molecule has 8 heteroatoms. The number of fused-ring (bicyclic) bond motifs is 1. The van der Waals surface area contributed by atoms with Crippen LogP contribution in [0.15, 0.2) is 71.8 Å². The molecule has 30 heavy (non-hydrogen) atoms. The van der Waals surface area contributed by atoms with Crippen LogP contribution in [0.25, 0.3) is 10.2 Å². The highest BCUT2D eigenvalue weighted by Crippen LogP contribution is 2.32. The monoisotopic (exact) mass is 437 g/mol. The van der Waals surface area contributed by atoms with Crippen molar-refractivity contribution in [2.24, 2.45) is 0 Å². The molecule has 0 fully saturated rings. The van der Waals surface area contributed by atoms with Crippen molar-refractivity contribution >= 4 is 42.4 Å². The van der Waals surface area contributed by atoms with Crippen LogP contribution in [-0.4, -0.2) is 30.5 Å². The lowest BCUT2D eigenvalue weighted by atomic mass is 10.2. The molecule has 0 spiro atoms. The number of amides is 1. The Labute approximate surface area is 178 Å². The molecule has 4 aromatic rings. The van der Waals surface area contributed by atoms with Gasteiger partial charge in [0.15, 0.2) is 15.0 Å². The van der Waals surface area contributed by atoms with Crippen molar-refractivity contribution in [2.75, 3.05) is 11.2 Å². The van der Waals surface area contributed by atoms with Crippen LogP contribution in [0, 0.1) is 6.92 Å². The van der Waals surface area contributed by atoms with Crippen LogP contribution in [0.3, 0.4) is 0 Å². The van der Waals surface area contributed by atoms with Crippen LogP contribution < -0.4 is 4.90 Å². The van der Waals surface area contributed by atoms with E-state index in [9.17, 15) is 13.2 Å². The maximum Gasteiger partial charge on any atom is 0.260 e. The maximum absolute atomic E-state index is 13.4. The fourth-order valence-electron chi connectivity index (χ4n) is 3.07. The predicted octanol–water partition coefficient (Wildman–Crippen LogP) is 4.25. The highest BCUT2D eigenvalue weighted by atomic mass is 32.2. The fourth-order valence-corrected chi connectivity index (χ4v) is 4.74. The van der Waals surface area contributed by atoms with Gasteiger partial charge in [0.05, 0.1) is 27.4 Å². The van der Waals surface area contributed by atoms with E-state index in [2.05, 4.69) is 4.98 Å². The molecule has 4 rings (SSSR count). The van der Waals surface area contributed by atoms with Crippen LogP contribution in [-0.2, 0) is 16.4 Å². The largest absolute Gasteiger partial charge is 0.278 e. The Hall–Kier alpha value is -3.10. The number of carbonyl (C=O) groups is 1. The van der Waals surface area contributed by atoms with E-state index in [1.54, 1.807) is 11.1 Å². The number of rotatable bonds is 5. The van der Waals surface area contributed by atoms with E-state index in [-0.39, 0.29) is 17.3 Å². The minimum atomic E-state index is -3.33. The molecule has 0 atom stereocenters. The summed E-state index contributed by atoms with van der Waals surface area (Å²) in [6.07, 6.45) is 2.82. The summed E-state index contributed by atoms with van der Waals surface area (Å²) in [5, 5.41) is 0.571. The molecule has 1 amide bonds. The van der Waals surface area contributed by atoms with Crippen LogP contribution in [0.4, 0.5) is 5.13 Å². The van der Waals surface area contributed by atoms with Crippen molar-refractivity contribution in [1.82, 2.24) is 9.97 Å². The van der Waals surface area contributed by atoms with E-state index in [4.69, 9.17) is 4.98 Å². The van der Waals surface area contributed by atoms with Gasteiger partial charge in [0.25, 0.3) is 5.91 Å². The number of nitrogens with zero attached hydrogens (tertiary/aromatic N) is 3. The van der Waals surface area contributed by atoms with Gasteiger partial charge in [-0.15, -0.1) is 0 Å². The van der Waals surface area contributed by atoms with E-state index in [1.807, 2.05) is 43.3 Å². The van der Waals surface area contributed by atoms with Gasteiger partial charge in [0, 0.05) is 18.0 Å². The summed E-state index contributed by atoms with van der Waals surface area (Å²) < 4.78 is 24.5. The first kappa shape index (κ1) is 20.2. The number of thiazole rings is 1. The number of benzene rings is 2. The van der Waals surface area contributed by atoms with Gasteiger partial charge in [-0.05, 0) is 55.0 Å². The quantitative estimate of drug-likeness (QED) is 0.466. The number of aromatic nitrogens is 2. The zero-order valence-corrected chi connectivity index (χ0v) is 18.1. The van der Waals surface area contributed by atoms with Gasteiger partial charge in [0.1, 0.15) is 0 Å². The Morgan fingerprint density at radius 2 is 1.80 bits per heavy atom. The number of para-hydroxylation sites is 1. The summed E-state index contributed by atoms with van der Waals surface area (Å²) in [4.78, 5) is 24.2. The highest BCUT2D eigenvalue weighted by molar-refractivity contribution is 7.90. The SMILES string of the molecule is Cc1cccc2sc(N(Cc3ccccn3)C(=O)c3ccc(S(C)(=O)=O)cc3)nc12. The Bertz CT molecular complexity index is 1320. The summed E-state index contributed by atoms with van der Waals surface area (Å²) >= 11 is 1.44. The standard InChI is InChI=1S/C22H19N3O3S2/c1-15-6-5-8-19-20(15)24-22(29-19)25(14-17-7-3-4-13-23-17)21(26)16-9-11-18(12-10-16)30(2,27)28/h3-13H,14H2,1-2H3. The van der Waals surface area contributed by atoms with E-state index < -0.39 is 9.84 Å². The number of anilines is 1. The van der Waals surface area contributed by atoms with Crippen molar-refractivity contribution < 1.29 is 13.2 Å². The Morgan fingerprint density at radius 3 is 2.43 bits per heavy atom. The lowest BCUT2D eigenvalue weighted by molar-refractivity contribution is 0.0984. The second-order valence-electron chi connectivity index (χ2n) is 6.93. The van der Waals surface area contributed by atoms with Crippen LogP contribution in [0.1, 0.15) is 21.6 Å². The van der Waals surface area contributed by atoms with Crippen LogP contribution in [0.5, 0.6) is 0 Å². The third-order valence-electron chi connectivity index (χ3n) is 4.66. The molecular weight excluding hydrogens is 418 g/mol. The zero-order valence-electron chi connectivity index (χ0n) is 16.4. The molecule has 0 bridgehead atoms. The summed E-state index contributed by atoms with van der Waals surface area (Å²) in [7, 11) is -3.33. The molecule has 0 aliphatic carbocycles. The Morgan fingerprint density at radius 1 is 1.03 bits per heavy atom. The predicted molar refractivity (Wildman–Crippen MR) is 119 cm³/mol. The first-order valence-corrected chi connectivity index (χ1v) is 11.9. The second kappa shape index (κ2) is 7.97. The van der Waals surface area contributed by atoms with Gasteiger partial charge in [0.2, 0.25) is 0 Å². The van der Waals surface area contributed by atoms with Gasteiger partial charge in [-0.2, -0.15) is 0 Å². The average Bonchev–Trinajstić information content (AvgIpc) is 3.17. The van der Waals surface area contributed by atoms with Gasteiger partial charge >= 0.3 is 0 Å². The van der Waals surface area contributed by atoms with Crippen molar-refractivity contribution in [1.29, 1.82) is 0 Å². The molecule has 0 unspecified atom stereocenters. The van der Waals surface area contributed by atoms with Crippen molar-refractivity contribution in [3.63, 3.8) is 0 Å². The highest BCUT2D eigenvalue weighted by Gasteiger charge is 2.23. The number of hydrogen-bond acceptors (Lipinski definition) is 6. The Kier molecular flexibility index (Phi) is 5.36. The van der Waals surface area contributed by atoms with E-state index in [0.29, 0.717) is 10.7 Å². The normalized spacial score (nSPS) is 11.5. The van der Waals surface area contributed by atoms with Crippen molar-refractivity contribution in [2.45, 2.75) is 18.4 Å². The summed E-state index contributed by atoms with van der Waals surface area (Å²) in [6, 6.07) is 17.4.